The molecule has 1 fully saturated rings. The van der Waals surface area contributed by atoms with E-state index in [1.165, 1.54) is 13.3 Å². The molecule has 1 aliphatic rings. The molecule has 1 aromatic heterocycles. The first-order chi connectivity index (χ1) is 11.5. The van der Waals surface area contributed by atoms with Crippen LogP contribution < -0.4 is 10.2 Å². The first-order valence-electron chi connectivity index (χ1n) is 8.03. The molecule has 7 nitrogen and oxygen atoms in total. The van der Waals surface area contributed by atoms with Gasteiger partial charge >= 0.3 is 12.1 Å². The van der Waals surface area contributed by atoms with Gasteiger partial charge in [-0.1, -0.05) is 11.6 Å². The fourth-order valence-corrected chi connectivity index (χ4v) is 2.92. The van der Waals surface area contributed by atoms with Gasteiger partial charge in [-0.25, -0.2) is 14.6 Å². The van der Waals surface area contributed by atoms with Crippen molar-refractivity contribution in [1.82, 2.24) is 10.3 Å². The van der Waals surface area contributed by atoms with Crippen molar-refractivity contribution in [2.45, 2.75) is 45.3 Å². The zero-order valence-corrected chi connectivity index (χ0v) is 15.9. The van der Waals surface area contributed by atoms with Crippen LogP contribution >= 0.6 is 11.6 Å². The zero-order valence-electron chi connectivity index (χ0n) is 15.2. The quantitative estimate of drug-likeness (QED) is 0.651. The van der Waals surface area contributed by atoms with Crippen LogP contribution in [-0.4, -0.2) is 48.4 Å². The maximum atomic E-state index is 12.1. The number of pyridine rings is 1. The van der Waals surface area contributed by atoms with Gasteiger partial charge in [-0.2, -0.15) is 0 Å². The fourth-order valence-electron chi connectivity index (χ4n) is 2.77. The lowest BCUT2D eigenvalue weighted by atomic mass is 10.0. The van der Waals surface area contributed by atoms with Gasteiger partial charge in [-0.15, -0.1) is 0 Å². The molecule has 1 N–H and O–H groups in total. The van der Waals surface area contributed by atoms with Crippen LogP contribution in [0.5, 0.6) is 0 Å². The summed E-state index contributed by atoms with van der Waals surface area (Å²) in [6.07, 6.45) is 1.64. The number of rotatable bonds is 3. The van der Waals surface area contributed by atoms with Crippen molar-refractivity contribution >= 4 is 29.4 Å². The highest BCUT2D eigenvalue weighted by Gasteiger charge is 2.37. The molecule has 0 aromatic carbocycles. The molecule has 1 saturated heterocycles. The average Bonchev–Trinajstić information content (AvgIpc) is 2.86. The number of hydrogen-bond donors (Lipinski definition) is 1. The summed E-state index contributed by atoms with van der Waals surface area (Å²) in [4.78, 5) is 30.0. The van der Waals surface area contributed by atoms with Crippen molar-refractivity contribution in [1.29, 1.82) is 0 Å². The number of esters is 1. The third-order valence-electron chi connectivity index (χ3n) is 3.87. The predicted octanol–water partition coefficient (Wildman–Crippen LogP) is 3.02. The van der Waals surface area contributed by atoms with Gasteiger partial charge in [0.1, 0.15) is 16.3 Å². The van der Waals surface area contributed by atoms with E-state index in [0.29, 0.717) is 30.8 Å². The number of ether oxygens (including phenoxy) is 2. The highest BCUT2D eigenvalue weighted by atomic mass is 35.5. The number of amides is 1. The molecule has 138 valence electrons. The first-order valence-corrected chi connectivity index (χ1v) is 8.41. The largest absolute Gasteiger partial charge is 0.465 e. The SMILES string of the molecule is COC(=O)c1cnc(Cl)cc1N1CCC(C)(NC(=O)OC(C)(C)C)C1. The highest BCUT2D eigenvalue weighted by molar-refractivity contribution is 6.29. The monoisotopic (exact) mass is 369 g/mol. The Hall–Kier alpha value is -2.02. The lowest BCUT2D eigenvalue weighted by Crippen LogP contribution is -2.49. The molecule has 1 aromatic rings. The Kier molecular flexibility index (Phi) is 5.46. The third-order valence-corrected chi connectivity index (χ3v) is 4.08. The van der Waals surface area contributed by atoms with E-state index in [9.17, 15) is 9.59 Å². The standard InChI is InChI=1S/C17H24ClN3O4/c1-16(2,3)25-15(23)20-17(4)6-7-21(10-17)12-8-13(18)19-9-11(12)14(22)24-5/h8-9H,6-7,10H2,1-5H3,(H,20,23). The molecule has 0 aliphatic carbocycles. The van der Waals surface area contributed by atoms with Gasteiger partial charge in [-0.3, -0.25) is 0 Å². The Bertz CT molecular complexity index is 674. The number of anilines is 1. The second-order valence-corrected chi connectivity index (χ2v) is 7.76. The number of alkyl carbamates (subject to hydrolysis) is 1. The van der Waals surface area contributed by atoms with Crippen molar-refractivity contribution in [3.05, 3.63) is 23.0 Å². The van der Waals surface area contributed by atoms with Crippen molar-refractivity contribution in [3.8, 4) is 0 Å². The minimum absolute atomic E-state index is 0.288. The number of aromatic nitrogens is 1. The summed E-state index contributed by atoms with van der Waals surface area (Å²) >= 11 is 5.99. The Morgan fingerprint density at radius 2 is 2.08 bits per heavy atom. The Labute approximate surface area is 152 Å². The zero-order chi connectivity index (χ0) is 18.8. The molecule has 1 atom stereocenters. The minimum Gasteiger partial charge on any atom is -0.465 e. The molecular weight excluding hydrogens is 346 g/mol. The van der Waals surface area contributed by atoms with Crippen LogP contribution in [0, 0.1) is 0 Å². The van der Waals surface area contributed by atoms with E-state index in [0.717, 1.165) is 0 Å². The number of carbonyl (C=O) groups excluding carboxylic acids is 2. The minimum atomic E-state index is -0.560. The molecule has 1 amide bonds. The van der Waals surface area contributed by atoms with Crippen LogP contribution in [0.2, 0.25) is 5.15 Å². The van der Waals surface area contributed by atoms with E-state index in [4.69, 9.17) is 21.1 Å². The smallest absolute Gasteiger partial charge is 0.408 e. The summed E-state index contributed by atoms with van der Waals surface area (Å²) in [5.41, 5.74) is -0.0593. The number of nitrogens with one attached hydrogen (secondary N) is 1. The molecule has 0 saturated carbocycles. The van der Waals surface area contributed by atoms with E-state index < -0.39 is 23.2 Å². The van der Waals surface area contributed by atoms with Crippen LogP contribution in [0.3, 0.4) is 0 Å². The van der Waals surface area contributed by atoms with Gasteiger partial charge in [0.05, 0.1) is 18.3 Å². The molecule has 0 spiro atoms. The van der Waals surface area contributed by atoms with Gasteiger partial charge in [0.25, 0.3) is 0 Å². The molecular formula is C17H24ClN3O4. The topological polar surface area (TPSA) is 80.8 Å². The third kappa shape index (κ3) is 4.98. The maximum Gasteiger partial charge on any atom is 0.408 e. The summed E-state index contributed by atoms with van der Waals surface area (Å²) in [5, 5.41) is 3.21. The molecule has 1 aliphatic heterocycles. The van der Waals surface area contributed by atoms with Crippen LogP contribution in [0.1, 0.15) is 44.5 Å². The summed E-state index contributed by atoms with van der Waals surface area (Å²) < 4.78 is 10.1. The summed E-state index contributed by atoms with van der Waals surface area (Å²) in [7, 11) is 1.32. The van der Waals surface area contributed by atoms with E-state index in [2.05, 4.69) is 10.3 Å². The number of methoxy groups -OCH3 is 1. The van der Waals surface area contributed by atoms with Crippen LogP contribution in [0.4, 0.5) is 10.5 Å². The van der Waals surface area contributed by atoms with Crippen LogP contribution in [-0.2, 0) is 9.47 Å². The lowest BCUT2D eigenvalue weighted by molar-refractivity contribution is 0.0472. The van der Waals surface area contributed by atoms with Crippen molar-refractivity contribution in [2.24, 2.45) is 0 Å². The molecule has 8 heteroatoms. The molecule has 2 rings (SSSR count). The number of nitrogens with zero attached hydrogens (tertiary/aromatic N) is 2. The van der Waals surface area contributed by atoms with E-state index in [-0.39, 0.29) is 5.15 Å². The normalized spacial score (nSPS) is 20.3. The molecule has 0 radical (unpaired) electrons. The lowest BCUT2D eigenvalue weighted by Gasteiger charge is -2.29. The second-order valence-electron chi connectivity index (χ2n) is 7.37. The average molecular weight is 370 g/mol. The fraction of sp³-hybridized carbons (Fsp3) is 0.588. The van der Waals surface area contributed by atoms with Gasteiger partial charge in [0, 0.05) is 19.3 Å². The summed E-state index contributed by atoms with van der Waals surface area (Å²) in [6.45, 7) is 8.55. The van der Waals surface area contributed by atoms with Crippen LogP contribution in [0.15, 0.2) is 12.3 Å². The second kappa shape index (κ2) is 7.07. The van der Waals surface area contributed by atoms with E-state index in [1.807, 2.05) is 32.6 Å². The van der Waals surface area contributed by atoms with Crippen molar-refractivity contribution < 1.29 is 19.1 Å². The Morgan fingerprint density at radius 1 is 1.40 bits per heavy atom. The summed E-state index contributed by atoms with van der Waals surface area (Å²) in [6, 6.07) is 1.63. The molecule has 1 unspecified atom stereocenters. The Balaban J connectivity index is 2.16. The number of halogens is 1. The van der Waals surface area contributed by atoms with Gasteiger partial charge in [0.15, 0.2) is 0 Å². The molecule has 2 heterocycles. The van der Waals surface area contributed by atoms with Gasteiger partial charge in [0.2, 0.25) is 0 Å². The highest BCUT2D eigenvalue weighted by Crippen LogP contribution is 2.31. The maximum absolute atomic E-state index is 12.1. The predicted molar refractivity (Wildman–Crippen MR) is 95.2 cm³/mol. The first kappa shape index (κ1) is 19.3. The van der Waals surface area contributed by atoms with E-state index >= 15 is 0 Å². The molecule has 25 heavy (non-hydrogen) atoms. The van der Waals surface area contributed by atoms with Crippen molar-refractivity contribution in [2.75, 3.05) is 25.1 Å². The van der Waals surface area contributed by atoms with E-state index in [1.54, 1.807) is 6.07 Å². The van der Waals surface area contributed by atoms with Gasteiger partial charge < -0.3 is 19.7 Å². The number of hydrogen-bond acceptors (Lipinski definition) is 6. The summed E-state index contributed by atoms with van der Waals surface area (Å²) in [5.74, 6) is -0.479. The van der Waals surface area contributed by atoms with Crippen molar-refractivity contribution in [3.63, 3.8) is 0 Å². The van der Waals surface area contributed by atoms with Gasteiger partial charge in [-0.05, 0) is 40.2 Å². The Morgan fingerprint density at radius 3 is 2.68 bits per heavy atom. The molecule has 0 bridgehead atoms. The van der Waals surface area contributed by atoms with Crippen LogP contribution in [0.25, 0.3) is 0 Å². The number of carbonyl (C=O) groups is 2.